The summed E-state index contributed by atoms with van der Waals surface area (Å²) < 4.78 is 29.8. The largest absolute Gasteiger partial charge is 0.382 e. The second kappa shape index (κ2) is 10.5. The number of nitrogens with one attached hydrogen (secondary N) is 1. The van der Waals surface area contributed by atoms with Crippen molar-refractivity contribution in [1.29, 1.82) is 0 Å². The topological polar surface area (TPSA) is 66.2 Å². The van der Waals surface area contributed by atoms with Crippen LogP contribution in [0.3, 0.4) is 0 Å². The summed E-state index contributed by atoms with van der Waals surface area (Å²) in [6.07, 6.45) is 5.09. The molecule has 3 atom stereocenters. The number of anilines is 1. The SMILES string of the molecule is Cc1ccc(C(O)(CN2CC3CC(Nc4ccc(-c5ccc(F)cc5)cc4)CC3C2)Cn2cncn2)c(F)c1. The lowest BCUT2D eigenvalue weighted by Crippen LogP contribution is -2.44. The summed E-state index contributed by atoms with van der Waals surface area (Å²) >= 11 is 0. The maximum atomic E-state index is 15.0. The van der Waals surface area contributed by atoms with Crippen LogP contribution in [0.5, 0.6) is 0 Å². The van der Waals surface area contributed by atoms with E-state index in [9.17, 15) is 9.50 Å². The number of nitrogens with zero attached hydrogens (tertiary/aromatic N) is 4. The Morgan fingerprint density at radius 1 is 0.923 bits per heavy atom. The molecular weight excluding hydrogens is 496 g/mol. The molecule has 6 rings (SSSR count). The maximum absolute atomic E-state index is 15.0. The maximum Gasteiger partial charge on any atom is 0.137 e. The Kier molecular flexibility index (Phi) is 6.91. The van der Waals surface area contributed by atoms with E-state index in [2.05, 4.69) is 44.6 Å². The van der Waals surface area contributed by atoms with Crippen LogP contribution in [-0.4, -0.2) is 50.4 Å². The monoisotopic (exact) mass is 529 g/mol. The summed E-state index contributed by atoms with van der Waals surface area (Å²) in [5.41, 5.74) is 2.83. The van der Waals surface area contributed by atoms with Gasteiger partial charge in [0.2, 0.25) is 0 Å². The van der Waals surface area contributed by atoms with Crippen molar-refractivity contribution in [3.05, 3.63) is 102 Å². The number of hydrogen-bond donors (Lipinski definition) is 2. The van der Waals surface area contributed by atoms with Crippen LogP contribution in [0.2, 0.25) is 0 Å². The fraction of sp³-hybridized carbons (Fsp3) is 0.355. The molecule has 1 aliphatic carbocycles. The lowest BCUT2D eigenvalue weighted by atomic mass is 9.91. The van der Waals surface area contributed by atoms with Crippen molar-refractivity contribution in [3.63, 3.8) is 0 Å². The van der Waals surface area contributed by atoms with Crippen LogP contribution in [0.1, 0.15) is 24.0 Å². The van der Waals surface area contributed by atoms with E-state index in [4.69, 9.17) is 0 Å². The number of halogens is 2. The van der Waals surface area contributed by atoms with Gasteiger partial charge in [0.05, 0.1) is 6.54 Å². The molecule has 0 radical (unpaired) electrons. The molecule has 4 aromatic rings. The highest BCUT2D eigenvalue weighted by Crippen LogP contribution is 2.41. The second-order valence-electron chi connectivity index (χ2n) is 11.2. The molecule has 6 nitrogen and oxygen atoms in total. The summed E-state index contributed by atoms with van der Waals surface area (Å²) in [5, 5.41) is 19.7. The summed E-state index contributed by atoms with van der Waals surface area (Å²) in [6.45, 7) is 4.06. The lowest BCUT2D eigenvalue weighted by Gasteiger charge is -2.33. The van der Waals surface area contributed by atoms with Crippen LogP contribution in [0, 0.1) is 30.4 Å². The minimum Gasteiger partial charge on any atom is -0.382 e. The fourth-order valence-electron chi connectivity index (χ4n) is 6.45. The van der Waals surface area contributed by atoms with Crippen LogP contribution in [-0.2, 0) is 12.1 Å². The van der Waals surface area contributed by atoms with Crippen molar-refractivity contribution in [2.24, 2.45) is 11.8 Å². The van der Waals surface area contributed by atoms with Gasteiger partial charge >= 0.3 is 0 Å². The lowest BCUT2D eigenvalue weighted by molar-refractivity contribution is -0.0180. The van der Waals surface area contributed by atoms with Gasteiger partial charge in [-0.3, -0.25) is 4.90 Å². The fourth-order valence-corrected chi connectivity index (χ4v) is 6.45. The molecule has 1 saturated heterocycles. The zero-order chi connectivity index (χ0) is 27.0. The molecule has 0 bridgehead atoms. The van der Waals surface area contributed by atoms with Crippen LogP contribution in [0.4, 0.5) is 14.5 Å². The quantitative estimate of drug-likeness (QED) is 0.327. The number of β-amino-alcohol motifs (C(OH)–C–C–N with tert-alkyl or cyclic N) is 1. The van der Waals surface area contributed by atoms with Gasteiger partial charge in [-0.2, -0.15) is 5.10 Å². The first-order valence-corrected chi connectivity index (χ1v) is 13.5. The molecule has 1 aliphatic heterocycles. The Balaban J connectivity index is 1.09. The molecule has 8 heteroatoms. The molecule has 3 unspecified atom stereocenters. The number of aliphatic hydroxyl groups is 1. The highest BCUT2D eigenvalue weighted by Gasteiger charge is 2.44. The third kappa shape index (κ3) is 5.58. The minimum atomic E-state index is -1.42. The third-order valence-corrected chi connectivity index (χ3v) is 8.26. The average Bonchev–Trinajstić information content (AvgIpc) is 3.62. The zero-order valence-electron chi connectivity index (χ0n) is 22.0. The van der Waals surface area contributed by atoms with E-state index in [0.29, 0.717) is 30.0 Å². The standard InChI is InChI=1S/C31H33F2N5O/c1-21-2-11-29(30(33)12-21)31(39,18-38-20-34-19-35-38)17-37-15-24-13-28(14-25(24)16-37)36-27-9-5-23(6-10-27)22-3-7-26(32)8-4-22/h2-12,19-20,24-25,28,36,39H,13-18H2,1H3. The van der Waals surface area contributed by atoms with Gasteiger partial charge in [-0.05, 0) is 78.6 Å². The molecule has 1 aromatic heterocycles. The number of aromatic nitrogens is 3. The number of fused-ring (bicyclic) bond motifs is 1. The van der Waals surface area contributed by atoms with Crippen molar-refractivity contribution < 1.29 is 13.9 Å². The normalized spacial score (nSPS) is 22.5. The van der Waals surface area contributed by atoms with Gasteiger partial charge in [-0.1, -0.05) is 36.4 Å². The number of rotatable bonds is 8. The molecule has 0 amide bonds. The molecule has 39 heavy (non-hydrogen) atoms. The van der Waals surface area contributed by atoms with Gasteiger partial charge in [-0.25, -0.2) is 18.4 Å². The molecule has 2 aliphatic rings. The Bertz CT molecular complexity index is 1400. The summed E-state index contributed by atoms with van der Waals surface area (Å²) in [5.74, 6) is 0.426. The zero-order valence-corrected chi connectivity index (χ0v) is 22.0. The van der Waals surface area contributed by atoms with Crippen LogP contribution in [0.25, 0.3) is 11.1 Å². The first-order chi connectivity index (χ1) is 18.8. The van der Waals surface area contributed by atoms with Gasteiger partial charge in [-0.15, -0.1) is 0 Å². The molecule has 0 spiro atoms. The smallest absolute Gasteiger partial charge is 0.137 e. The van der Waals surface area contributed by atoms with Gasteiger partial charge in [0, 0.05) is 36.9 Å². The molecule has 202 valence electrons. The third-order valence-electron chi connectivity index (χ3n) is 8.26. The van der Waals surface area contributed by atoms with Crippen molar-refractivity contribution in [2.45, 2.75) is 38.0 Å². The predicted octanol–water partition coefficient (Wildman–Crippen LogP) is 5.24. The van der Waals surface area contributed by atoms with Crippen LogP contribution in [0.15, 0.2) is 79.4 Å². The first-order valence-electron chi connectivity index (χ1n) is 13.5. The van der Waals surface area contributed by atoms with E-state index in [1.807, 2.05) is 13.0 Å². The van der Waals surface area contributed by atoms with Crippen molar-refractivity contribution in [2.75, 3.05) is 25.0 Å². The Morgan fingerprint density at radius 2 is 1.59 bits per heavy atom. The summed E-state index contributed by atoms with van der Waals surface area (Å²) in [6, 6.07) is 20.2. The number of likely N-dealkylation sites (tertiary alicyclic amines) is 1. The molecule has 3 aromatic carbocycles. The van der Waals surface area contributed by atoms with Gasteiger partial charge < -0.3 is 10.4 Å². The highest BCUT2D eigenvalue weighted by molar-refractivity contribution is 5.66. The number of hydrogen-bond acceptors (Lipinski definition) is 5. The van der Waals surface area contributed by atoms with Crippen LogP contribution >= 0.6 is 0 Å². The van der Waals surface area contributed by atoms with Crippen molar-refractivity contribution >= 4 is 5.69 Å². The minimum absolute atomic E-state index is 0.136. The van der Waals surface area contributed by atoms with Gasteiger partial charge in [0.15, 0.2) is 0 Å². The Labute approximate surface area is 227 Å². The molecule has 2 fully saturated rings. The highest BCUT2D eigenvalue weighted by atomic mass is 19.1. The van der Waals surface area contributed by atoms with E-state index >= 15 is 4.39 Å². The number of aryl methyl sites for hydroxylation is 1. The Hall–Kier alpha value is -3.62. The van der Waals surface area contributed by atoms with E-state index < -0.39 is 11.4 Å². The summed E-state index contributed by atoms with van der Waals surface area (Å²) in [4.78, 5) is 6.27. The number of benzene rings is 3. The predicted molar refractivity (Wildman–Crippen MR) is 147 cm³/mol. The Morgan fingerprint density at radius 3 is 2.21 bits per heavy atom. The van der Waals surface area contributed by atoms with Gasteiger partial charge in [0.25, 0.3) is 0 Å². The molecular formula is C31H33F2N5O. The van der Waals surface area contributed by atoms with Crippen molar-refractivity contribution in [3.8, 4) is 11.1 Å². The van der Waals surface area contributed by atoms with E-state index in [1.165, 1.54) is 24.5 Å². The second-order valence-corrected chi connectivity index (χ2v) is 11.2. The van der Waals surface area contributed by atoms with E-state index in [1.54, 1.807) is 29.2 Å². The van der Waals surface area contributed by atoms with Crippen LogP contribution < -0.4 is 5.32 Å². The molecule has 1 saturated carbocycles. The van der Waals surface area contributed by atoms with Crippen molar-refractivity contribution in [1.82, 2.24) is 19.7 Å². The molecule has 2 N–H and O–H groups in total. The van der Waals surface area contributed by atoms with E-state index in [-0.39, 0.29) is 12.4 Å². The van der Waals surface area contributed by atoms with Gasteiger partial charge in [0.1, 0.15) is 29.9 Å². The molecule has 2 heterocycles. The van der Waals surface area contributed by atoms with E-state index in [0.717, 1.165) is 48.3 Å². The average molecular weight is 530 g/mol. The summed E-state index contributed by atoms with van der Waals surface area (Å²) in [7, 11) is 0. The first kappa shape index (κ1) is 25.6.